The topological polar surface area (TPSA) is 56.5 Å². The van der Waals surface area contributed by atoms with E-state index in [1.807, 2.05) is 24.3 Å². The Hall–Kier alpha value is -2.11. The van der Waals surface area contributed by atoms with Crippen LogP contribution in [0.3, 0.4) is 0 Å². The number of hydrogen-bond acceptors (Lipinski definition) is 4. The van der Waals surface area contributed by atoms with Crippen molar-refractivity contribution >= 4 is 0 Å². The van der Waals surface area contributed by atoms with Crippen LogP contribution in [0.2, 0.25) is 0 Å². The lowest BCUT2D eigenvalue weighted by Crippen LogP contribution is -2.39. The van der Waals surface area contributed by atoms with Crippen molar-refractivity contribution in [2.75, 3.05) is 7.11 Å². The van der Waals surface area contributed by atoms with Gasteiger partial charge in [-0.1, -0.05) is 18.2 Å². The van der Waals surface area contributed by atoms with Gasteiger partial charge in [-0.15, -0.1) is 0 Å². The van der Waals surface area contributed by atoms with Crippen LogP contribution in [0.25, 0.3) is 0 Å². The van der Waals surface area contributed by atoms with E-state index in [9.17, 15) is 4.39 Å². The Balaban J connectivity index is 1.92. The number of nitrogens with two attached hydrogens (primary N) is 1. The molecule has 2 unspecified atom stereocenters. The minimum atomic E-state index is -0.358. The number of benzene rings is 2. The molecule has 5 heteroatoms. The molecule has 3 N–H and O–H groups in total. The SMILES string of the molecule is COc1ccc(F)cc1C(NN)C1Cc2ccccc2O1. The molecule has 0 saturated carbocycles. The van der Waals surface area contributed by atoms with E-state index in [0.29, 0.717) is 17.7 Å². The largest absolute Gasteiger partial charge is 0.496 e. The number of halogens is 1. The first-order chi connectivity index (χ1) is 10.2. The fourth-order valence-electron chi connectivity index (χ4n) is 2.74. The molecule has 0 spiro atoms. The summed E-state index contributed by atoms with van der Waals surface area (Å²) in [5.74, 6) is 6.78. The number of fused-ring (bicyclic) bond motifs is 1. The highest BCUT2D eigenvalue weighted by molar-refractivity contribution is 5.41. The average Bonchev–Trinajstić information content (AvgIpc) is 2.92. The van der Waals surface area contributed by atoms with Crippen LogP contribution in [-0.4, -0.2) is 13.2 Å². The zero-order valence-electron chi connectivity index (χ0n) is 11.7. The second-order valence-electron chi connectivity index (χ2n) is 5.00. The Morgan fingerprint density at radius 1 is 1.33 bits per heavy atom. The number of hydrogen-bond donors (Lipinski definition) is 2. The molecule has 3 rings (SSSR count). The molecule has 0 aliphatic carbocycles. The molecule has 1 heterocycles. The lowest BCUT2D eigenvalue weighted by Gasteiger charge is -2.24. The summed E-state index contributed by atoms with van der Waals surface area (Å²) in [5, 5.41) is 0. The van der Waals surface area contributed by atoms with E-state index >= 15 is 0 Å². The number of ether oxygens (including phenoxy) is 2. The van der Waals surface area contributed by atoms with Crippen molar-refractivity contribution in [2.45, 2.75) is 18.6 Å². The summed E-state index contributed by atoms with van der Waals surface area (Å²) >= 11 is 0. The summed E-state index contributed by atoms with van der Waals surface area (Å²) in [6, 6.07) is 11.9. The van der Waals surface area contributed by atoms with Crippen LogP contribution in [0.5, 0.6) is 11.5 Å². The van der Waals surface area contributed by atoms with Crippen LogP contribution < -0.4 is 20.7 Å². The fourth-order valence-corrected chi connectivity index (χ4v) is 2.74. The number of nitrogens with one attached hydrogen (secondary N) is 1. The molecule has 110 valence electrons. The zero-order valence-corrected chi connectivity index (χ0v) is 11.7. The maximum absolute atomic E-state index is 13.6. The van der Waals surface area contributed by atoms with Gasteiger partial charge >= 0.3 is 0 Å². The van der Waals surface area contributed by atoms with Gasteiger partial charge in [0.15, 0.2) is 0 Å². The molecule has 0 radical (unpaired) electrons. The Morgan fingerprint density at radius 3 is 2.86 bits per heavy atom. The maximum atomic E-state index is 13.6. The third kappa shape index (κ3) is 2.57. The molecule has 0 fully saturated rings. The van der Waals surface area contributed by atoms with E-state index in [-0.39, 0.29) is 18.0 Å². The molecule has 2 atom stereocenters. The van der Waals surface area contributed by atoms with Crippen LogP contribution in [-0.2, 0) is 6.42 Å². The predicted molar refractivity (Wildman–Crippen MR) is 77.6 cm³/mol. The normalized spacial score (nSPS) is 18.0. The monoisotopic (exact) mass is 288 g/mol. The third-order valence-electron chi connectivity index (χ3n) is 3.75. The van der Waals surface area contributed by atoms with E-state index < -0.39 is 0 Å². The van der Waals surface area contributed by atoms with E-state index in [2.05, 4.69) is 5.43 Å². The van der Waals surface area contributed by atoms with Crippen molar-refractivity contribution in [3.8, 4) is 11.5 Å². The molecule has 0 aromatic heterocycles. The summed E-state index contributed by atoms with van der Waals surface area (Å²) in [4.78, 5) is 0. The minimum Gasteiger partial charge on any atom is -0.496 e. The van der Waals surface area contributed by atoms with Crippen LogP contribution in [0.4, 0.5) is 4.39 Å². The number of para-hydroxylation sites is 1. The first kappa shape index (κ1) is 13.9. The molecule has 0 bridgehead atoms. The van der Waals surface area contributed by atoms with E-state index in [4.69, 9.17) is 15.3 Å². The van der Waals surface area contributed by atoms with Crippen molar-refractivity contribution in [1.29, 1.82) is 0 Å². The second-order valence-corrected chi connectivity index (χ2v) is 5.00. The molecule has 2 aromatic carbocycles. The van der Waals surface area contributed by atoms with Gasteiger partial charge in [0.2, 0.25) is 0 Å². The van der Waals surface area contributed by atoms with Crippen molar-refractivity contribution in [1.82, 2.24) is 5.43 Å². The third-order valence-corrected chi connectivity index (χ3v) is 3.75. The van der Waals surface area contributed by atoms with Crippen molar-refractivity contribution in [3.05, 3.63) is 59.4 Å². The van der Waals surface area contributed by atoms with Crippen LogP contribution in [0.1, 0.15) is 17.2 Å². The highest BCUT2D eigenvalue weighted by Gasteiger charge is 2.32. The molecule has 4 nitrogen and oxygen atoms in total. The van der Waals surface area contributed by atoms with Crippen LogP contribution in [0.15, 0.2) is 42.5 Å². The summed E-state index contributed by atoms with van der Waals surface area (Å²) < 4.78 is 24.8. The smallest absolute Gasteiger partial charge is 0.124 e. The van der Waals surface area contributed by atoms with Gasteiger partial charge in [-0.05, 0) is 29.8 Å². The van der Waals surface area contributed by atoms with Gasteiger partial charge < -0.3 is 9.47 Å². The zero-order chi connectivity index (χ0) is 14.8. The summed E-state index contributed by atoms with van der Waals surface area (Å²) in [5.41, 5.74) is 4.50. The predicted octanol–water partition coefficient (Wildman–Crippen LogP) is 2.34. The average molecular weight is 288 g/mol. The summed E-state index contributed by atoms with van der Waals surface area (Å²) in [6.45, 7) is 0. The van der Waals surface area contributed by atoms with Gasteiger partial charge in [-0.3, -0.25) is 5.84 Å². The highest BCUT2D eigenvalue weighted by atomic mass is 19.1. The number of hydrazine groups is 1. The van der Waals surface area contributed by atoms with Crippen LogP contribution in [0, 0.1) is 5.82 Å². The first-order valence-electron chi connectivity index (χ1n) is 6.77. The lowest BCUT2D eigenvalue weighted by atomic mass is 9.97. The summed E-state index contributed by atoms with van der Waals surface area (Å²) in [7, 11) is 1.55. The van der Waals surface area contributed by atoms with Crippen molar-refractivity contribution in [3.63, 3.8) is 0 Å². The van der Waals surface area contributed by atoms with Gasteiger partial charge in [-0.2, -0.15) is 0 Å². The van der Waals surface area contributed by atoms with E-state index in [1.54, 1.807) is 13.2 Å². The molecular weight excluding hydrogens is 271 g/mol. The van der Waals surface area contributed by atoms with Gasteiger partial charge in [0, 0.05) is 12.0 Å². The van der Waals surface area contributed by atoms with E-state index in [1.165, 1.54) is 12.1 Å². The number of rotatable bonds is 4. The van der Waals surface area contributed by atoms with Gasteiger partial charge in [0.05, 0.1) is 13.2 Å². The van der Waals surface area contributed by atoms with Crippen LogP contribution >= 0.6 is 0 Å². The first-order valence-corrected chi connectivity index (χ1v) is 6.77. The number of methoxy groups -OCH3 is 1. The molecular formula is C16H17FN2O2. The minimum absolute atomic E-state index is 0.205. The van der Waals surface area contributed by atoms with Crippen molar-refractivity contribution < 1.29 is 13.9 Å². The lowest BCUT2D eigenvalue weighted by molar-refractivity contribution is 0.176. The Kier molecular flexibility index (Phi) is 3.77. The molecule has 21 heavy (non-hydrogen) atoms. The molecule has 1 aliphatic heterocycles. The summed E-state index contributed by atoms with van der Waals surface area (Å²) in [6.07, 6.45) is 0.508. The van der Waals surface area contributed by atoms with Crippen molar-refractivity contribution in [2.24, 2.45) is 5.84 Å². The standard InChI is InChI=1S/C16H17FN2O2/c1-20-14-7-6-11(17)9-12(14)16(19-18)15-8-10-4-2-3-5-13(10)21-15/h2-7,9,15-16,19H,8,18H2,1H3. The molecule has 0 saturated heterocycles. The highest BCUT2D eigenvalue weighted by Crippen LogP contribution is 2.36. The molecule has 1 aliphatic rings. The maximum Gasteiger partial charge on any atom is 0.124 e. The van der Waals surface area contributed by atoms with Gasteiger partial charge in [-0.25, -0.2) is 9.82 Å². The van der Waals surface area contributed by atoms with Gasteiger partial charge in [0.25, 0.3) is 0 Å². The van der Waals surface area contributed by atoms with Gasteiger partial charge in [0.1, 0.15) is 23.4 Å². The molecule has 2 aromatic rings. The Morgan fingerprint density at radius 2 is 2.14 bits per heavy atom. The fraction of sp³-hybridized carbons (Fsp3) is 0.250. The Bertz CT molecular complexity index is 623. The second kappa shape index (κ2) is 5.71. The quantitative estimate of drug-likeness (QED) is 0.670. The molecule has 0 amide bonds. The van der Waals surface area contributed by atoms with E-state index in [0.717, 1.165) is 11.3 Å². The Labute approximate surface area is 122 Å².